The van der Waals surface area contributed by atoms with E-state index in [-0.39, 0.29) is 0 Å². The first-order valence-electron chi connectivity index (χ1n) is 4.82. The predicted octanol–water partition coefficient (Wildman–Crippen LogP) is 2.68. The lowest BCUT2D eigenvalue weighted by Crippen LogP contribution is -1.94. The van der Waals surface area contributed by atoms with Gasteiger partial charge in [-0.05, 0) is 19.9 Å². The van der Waals surface area contributed by atoms with Crippen LogP contribution in [0.2, 0.25) is 0 Å². The second-order valence-electron chi connectivity index (χ2n) is 3.58. The Balaban J connectivity index is 2.01. The molecule has 0 aliphatic carbocycles. The molecule has 3 nitrogen and oxygen atoms in total. The average Bonchev–Trinajstić information content (AvgIpc) is 2.70. The molecule has 0 fully saturated rings. The summed E-state index contributed by atoms with van der Waals surface area (Å²) in [6, 6.07) is 2.18. The van der Waals surface area contributed by atoms with Gasteiger partial charge in [-0.3, -0.25) is 4.68 Å². The highest BCUT2D eigenvalue weighted by atomic mass is 32.1. The quantitative estimate of drug-likeness (QED) is 0.798. The number of hydrogen-bond donors (Lipinski definition) is 0. The first-order valence-corrected chi connectivity index (χ1v) is 5.64. The molecule has 0 amide bonds. The molecule has 0 unspecified atom stereocenters. The average molecular weight is 222 g/mol. The van der Waals surface area contributed by atoms with Crippen molar-refractivity contribution in [3.8, 4) is 5.75 Å². The maximum Gasteiger partial charge on any atom is 0.157 e. The summed E-state index contributed by atoms with van der Waals surface area (Å²) < 4.78 is 7.37. The molecule has 0 aliphatic heterocycles. The van der Waals surface area contributed by atoms with Crippen LogP contribution in [-0.4, -0.2) is 9.78 Å². The van der Waals surface area contributed by atoms with Crippen molar-refractivity contribution in [3.63, 3.8) is 0 Å². The van der Waals surface area contributed by atoms with E-state index in [1.165, 1.54) is 15.3 Å². The molecule has 2 aromatic heterocycles. The number of thiophene rings is 1. The second-order valence-corrected chi connectivity index (χ2v) is 5.04. The fourth-order valence-electron chi connectivity index (χ4n) is 1.46. The molecule has 0 aliphatic rings. The summed E-state index contributed by atoms with van der Waals surface area (Å²) in [6.45, 7) is 4.87. The molecule has 2 heterocycles. The Morgan fingerprint density at radius 1 is 1.47 bits per heavy atom. The van der Waals surface area contributed by atoms with Crippen LogP contribution in [0.25, 0.3) is 0 Å². The molecule has 2 aromatic rings. The third-order valence-corrected chi connectivity index (χ3v) is 3.23. The van der Waals surface area contributed by atoms with Gasteiger partial charge in [0, 0.05) is 22.4 Å². The number of ether oxygens (including phenoxy) is 1. The van der Waals surface area contributed by atoms with Gasteiger partial charge in [0.25, 0.3) is 0 Å². The molecule has 0 atom stereocenters. The number of rotatable bonds is 3. The Labute approximate surface area is 93.3 Å². The Bertz CT molecular complexity index is 459. The van der Waals surface area contributed by atoms with Gasteiger partial charge in [0.15, 0.2) is 5.75 Å². The molecular formula is C11H14N2OS. The van der Waals surface area contributed by atoms with E-state index < -0.39 is 0 Å². The zero-order valence-electron chi connectivity index (χ0n) is 9.15. The number of hydrogen-bond acceptors (Lipinski definition) is 3. The van der Waals surface area contributed by atoms with Crippen LogP contribution >= 0.6 is 11.3 Å². The molecule has 0 N–H and O–H groups in total. The zero-order valence-corrected chi connectivity index (χ0v) is 9.97. The summed E-state index contributed by atoms with van der Waals surface area (Å²) >= 11 is 1.81. The molecule has 0 bridgehead atoms. The summed E-state index contributed by atoms with van der Waals surface area (Å²) in [4.78, 5) is 2.66. The summed E-state index contributed by atoms with van der Waals surface area (Å²) in [7, 11) is 1.88. The highest BCUT2D eigenvalue weighted by molar-refractivity contribution is 7.12. The fourth-order valence-corrected chi connectivity index (χ4v) is 2.39. The normalized spacial score (nSPS) is 10.6. The number of nitrogens with zero attached hydrogens (tertiary/aromatic N) is 2. The molecule has 2 rings (SSSR count). The van der Waals surface area contributed by atoms with Crippen molar-refractivity contribution >= 4 is 11.3 Å². The van der Waals surface area contributed by atoms with E-state index in [4.69, 9.17) is 4.74 Å². The van der Waals surface area contributed by atoms with Crippen LogP contribution in [0.1, 0.15) is 15.3 Å². The van der Waals surface area contributed by atoms with Crippen LogP contribution in [0.3, 0.4) is 0 Å². The summed E-state index contributed by atoms with van der Waals surface area (Å²) in [5.74, 6) is 0.820. The predicted molar refractivity (Wildman–Crippen MR) is 61.3 cm³/mol. The SMILES string of the molecule is Cc1cc(COc2cnn(C)c2)c(C)s1. The highest BCUT2D eigenvalue weighted by Crippen LogP contribution is 2.22. The van der Waals surface area contributed by atoms with Gasteiger partial charge in [0.1, 0.15) is 6.61 Å². The minimum atomic E-state index is 0.627. The topological polar surface area (TPSA) is 27.1 Å². The van der Waals surface area contributed by atoms with Gasteiger partial charge >= 0.3 is 0 Å². The van der Waals surface area contributed by atoms with Crippen LogP contribution in [0.4, 0.5) is 0 Å². The summed E-state index contributed by atoms with van der Waals surface area (Å²) in [5.41, 5.74) is 1.27. The van der Waals surface area contributed by atoms with Gasteiger partial charge in [-0.1, -0.05) is 0 Å². The van der Waals surface area contributed by atoms with Gasteiger partial charge in [-0.25, -0.2) is 0 Å². The Morgan fingerprint density at radius 3 is 2.80 bits per heavy atom. The maximum absolute atomic E-state index is 5.63. The van der Waals surface area contributed by atoms with E-state index in [1.54, 1.807) is 10.9 Å². The van der Waals surface area contributed by atoms with Crippen molar-refractivity contribution in [1.29, 1.82) is 0 Å². The van der Waals surface area contributed by atoms with Crippen LogP contribution in [0.5, 0.6) is 5.75 Å². The summed E-state index contributed by atoms with van der Waals surface area (Å²) in [6.07, 6.45) is 3.60. The maximum atomic E-state index is 5.63. The van der Waals surface area contributed by atoms with E-state index in [1.807, 2.05) is 24.6 Å². The smallest absolute Gasteiger partial charge is 0.157 e. The molecule has 0 saturated carbocycles. The van der Waals surface area contributed by atoms with Crippen molar-refractivity contribution in [2.24, 2.45) is 7.05 Å². The molecule has 4 heteroatoms. The van der Waals surface area contributed by atoms with E-state index in [0.29, 0.717) is 6.61 Å². The lowest BCUT2D eigenvalue weighted by atomic mass is 10.3. The zero-order chi connectivity index (χ0) is 10.8. The van der Waals surface area contributed by atoms with Gasteiger partial charge in [-0.15, -0.1) is 11.3 Å². The number of aromatic nitrogens is 2. The minimum Gasteiger partial charge on any atom is -0.486 e. The fraction of sp³-hybridized carbons (Fsp3) is 0.364. The van der Waals surface area contributed by atoms with Gasteiger partial charge in [0.05, 0.1) is 12.4 Å². The Kier molecular flexibility index (Phi) is 2.77. The van der Waals surface area contributed by atoms with Crippen LogP contribution in [-0.2, 0) is 13.7 Å². The lowest BCUT2D eigenvalue weighted by molar-refractivity contribution is 0.305. The monoisotopic (exact) mass is 222 g/mol. The first-order chi connectivity index (χ1) is 7.15. The van der Waals surface area contributed by atoms with Crippen molar-refractivity contribution in [2.75, 3.05) is 0 Å². The lowest BCUT2D eigenvalue weighted by Gasteiger charge is -2.01. The van der Waals surface area contributed by atoms with Crippen LogP contribution in [0, 0.1) is 13.8 Å². The first kappa shape index (κ1) is 10.2. The van der Waals surface area contributed by atoms with Gasteiger partial charge < -0.3 is 4.74 Å². The highest BCUT2D eigenvalue weighted by Gasteiger charge is 2.04. The Hall–Kier alpha value is -1.29. The van der Waals surface area contributed by atoms with E-state index in [9.17, 15) is 0 Å². The Morgan fingerprint density at radius 2 is 2.27 bits per heavy atom. The second kappa shape index (κ2) is 4.06. The molecule has 0 aromatic carbocycles. The minimum absolute atomic E-state index is 0.627. The molecule has 0 radical (unpaired) electrons. The third kappa shape index (κ3) is 2.39. The molecule has 0 spiro atoms. The van der Waals surface area contributed by atoms with Crippen molar-refractivity contribution in [1.82, 2.24) is 9.78 Å². The van der Waals surface area contributed by atoms with Crippen LogP contribution in [0.15, 0.2) is 18.5 Å². The van der Waals surface area contributed by atoms with E-state index in [2.05, 4.69) is 25.0 Å². The van der Waals surface area contributed by atoms with Crippen molar-refractivity contribution in [3.05, 3.63) is 33.8 Å². The molecule has 0 saturated heterocycles. The van der Waals surface area contributed by atoms with Gasteiger partial charge in [0.2, 0.25) is 0 Å². The standard InChI is InChI=1S/C11H14N2OS/c1-8-4-10(9(2)15-8)7-14-11-5-12-13(3)6-11/h4-6H,7H2,1-3H3. The van der Waals surface area contributed by atoms with Gasteiger partial charge in [-0.2, -0.15) is 5.10 Å². The molecular weight excluding hydrogens is 208 g/mol. The third-order valence-electron chi connectivity index (χ3n) is 2.22. The largest absolute Gasteiger partial charge is 0.486 e. The number of aryl methyl sites for hydroxylation is 3. The van der Waals surface area contributed by atoms with Crippen molar-refractivity contribution < 1.29 is 4.74 Å². The summed E-state index contributed by atoms with van der Waals surface area (Å²) in [5, 5.41) is 4.05. The van der Waals surface area contributed by atoms with Crippen LogP contribution < -0.4 is 4.74 Å². The molecule has 15 heavy (non-hydrogen) atoms. The van der Waals surface area contributed by atoms with E-state index in [0.717, 1.165) is 5.75 Å². The molecule has 80 valence electrons. The van der Waals surface area contributed by atoms with Crippen molar-refractivity contribution in [2.45, 2.75) is 20.5 Å². The van der Waals surface area contributed by atoms with E-state index >= 15 is 0 Å².